The summed E-state index contributed by atoms with van der Waals surface area (Å²) in [5.74, 6) is 0.716. The number of nitrogens with one attached hydrogen (secondary N) is 2. The molecular formula is C17H34N2O3. The number of carbonyl (C=O) groups is 1. The quantitative estimate of drug-likeness (QED) is 0.686. The smallest absolute Gasteiger partial charge is 0.408 e. The molecule has 1 saturated carbocycles. The Morgan fingerprint density at radius 1 is 1.23 bits per heavy atom. The van der Waals surface area contributed by atoms with E-state index >= 15 is 0 Å². The molecule has 0 bridgehead atoms. The molecule has 0 spiro atoms. The Morgan fingerprint density at radius 3 is 2.23 bits per heavy atom. The molecule has 0 aromatic rings. The van der Waals surface area contributed by atoms with Crippen LogP contribution >= 0.6 is 0 Å². The van der Waals surface area contributed by atoms with Crippen molar-refractivity contribution in [1.82, 2.24) is 10.6 Å². The number of hydrogen-bond acceptors (Lipinski definition) is 4. The first-order valence-corrected chi connectivity index (χ1v) is 8.48. The van der Waals surface area contributed by atoms with Crippen LogP contribution in [0.25, 0.3) is 0 Å². The molecule has 0 aromatic heterocycles. The van der Waals surface area contributed by atoms with Crippen LogP contribution in [0.2, 0.25) is 0 Å². The average Bonchev–Trinajstić information content (AvgIpc) is 3.24. The van der Waals surface area contributed by atoms with Crippen molar-refractivity contribution in [2.75, 3.05) is 20.3 Å². The third kappa shape index (κ3) is 6.53. The van der Waals surface area contributed by atoms with Gasteiger partial charge >= 0.3 is 6.09 Å². The molecule has 0 aromatic carbocycles. The van der Waals surface area contributed by atoms with E-state index in [-0.39, 0.29) is 11.6 Å². The first-order chi connectivity index (χ1) is 10.2. The molecule has 1 aliphatic rings. The zero-order chi connectivity index (χ0) is 16.8. The minimum Gasteiger partial charge on any atom is -0.444 e. The molecule has 1 fully saturated rings. The minimum atomic E-state index is -0.475. The second-order valence-corrected chi connectivity index (χ2v) is 7.39. The highest BCUT2D eigenvalue weighted by Gasteiger charge is 2.35. The Balaban J connectivity index is 2.59. The van der Waals surface area contributed by atoms with Crippen molar-refractivity contribution in [2.45, 2.75) is 77.5 Å². The maximum Gasteiger partial charge on any atom is 0.408 e. The van der Waals surface area contributed by atoms with Crippen molar-refractivity contribution in [2.24, 2.45) is 5.92 Å². The molecule has 130 valence electrons. The average molecular weight is 314 g/mol. The monoisotopic (exact) mass is 314 g/mol. The summed E-state index contributed by atoms with van der Waals surface area (Å²) >= 11 is 0. The number of carbonyl (C=O) groups excluding carboxylic acids is 1. The summed E-state index contributed by atoms with van der Waals surface area (Å²) in [5, 5.41) is 6.68. The van der Waals surface area contributed by atoms with Crippen LogP contribution < -0.4 is 10.6 Å². The zero-order valence-electron chi connectivity index (χ0n) is 15.1. The number of amides is 1. The van der Waals surface area contributed by atoms with Gasteiger partial charge in [-0.25, -0.2) is 4.79 Å². The third-order valence-corrected chi connectivity index (χ3v) is 4.36. The van der Waals surface area contributed by atoms with Gasteiger partial charge in [0, 0.05) is 19.7 Å². The van der Waals surface area contributed by atoms with Gasteiger partial charge in [-0.05, 0) is 52.4 Å². The largest absolute Gasteiger partial charge is 0.444 e. The normalized spacial score (nSPS) is 17.2. The Labute approximate surface area is 135 Å². The van der Waals surface area contributed by atoms with Gasteiger partial charge < -0.3 is 20.1 Å². The van der Waals surface area contributed by atoms with Crippen molar-refractivity contribution in [3.05, 3.63) is 0 Å². The lowest BCUT2D eigenvalue weighted by Crippen LogP contribution is -2.57. The highest BCUT2D eigenvalue weighted by atomic mass is 16.6. The molecule has 1 aliphatic carbocycles. The summed E-state index contributed by atoms with van der Waals surface area (Å²) in [7, 11) is 1.74. The summed E-state index contributed by atoms with van der Waals surface area (Å²) in [4.78, 5) is 12.1. The third-order valence-electron chi connectivity index (χ3n) is 4.36. The maximum absolute atomic E-state index is 12.1. The van der Waals surface area contributed by atoms with Crippen molar-refractivity contribution in [3.63, 3.8) is 0 Å². The Morgan fingerprint density at radius 2 is 1.82 bits per heavy atom. The number of methoxy groups -OCH3 is 1. The van der Waals surface area contributed by atoms with Gasteiger partial charge in [0.25, 0.3) is 0 Å². The van der Waals surface area contributed by atoms with Crippen LogP contribution in [-0.4, -0.2) is 43.5 Å². The first kappa shape index (κ1) is 19.2. The molecule has 1 rings (SSSR count). The summed E-state index contributed by atoms with van der Waals surface area (Å²) in [5.41, 5.74) is -0.749. The van der Waals surface area contributed by atoms with Crippen molar-refractivity contribution >= 4 is 6.09 Å². The first-order valence-electron chi connectivity index (χ1n) is 8.48. The standard InChI is InChI=1S/C17H34N2O3/c1-7-17(8-2,19-15(20)22-16(3,4)5)12-18-14(11-21-6)13-9-10-13/h13-14,18H,7-12H2,1-6H3,(H,19,20). The van der Waals surface area contributed by atoms with E-state index in [0.29, 0.717) is 12.0 Å². The van der Waals surface area contributed by atoms with E-state index in [1.807, 2.05) is 20.8 Å². The van der Waals surface area contributed by atoms with Crippen LogP contribution in [0.15, 0.2) is 0 Å². The molecule has 22 heavy (non-hydrogen) atoms. The van der Waals surface area contributed by atoms with Crippen LogP contribution in [0, 0.1) is 5.92 Å². The summed E-state index contributed by atoms with van der Waals surface area (Å²) < 4.78 is 10.7. The second kappa shape index (κ2) is 8.16. The Hall–Kier alpha value is -0.810. The van der Waals surface area contributed by atoms with E-state index in [1.165, 1.54) is 12.8 Å². The van der Waals surface area contributed by atoms with Gasteiger partial charge in [0.05, 0.1) is 12.1 Å². The fourth-order valence-electron chi connectivity index (χ4n) is 2.61. The lowest BCUT2D eigenvalue weighted by atomic mass is 9.92. The van der Waals surface area contributed by atoms with E-state index in [9.17, 15) is 4.79 Å². The topological polar surface area (TPSA) is 59.6 Å². The molecule has 0 saturated heterocycles. The van der Waals surface area contributed by atoms with Crippen molar-refractivity contribution in [3.8, 4) is 0 Å². The molecule has 2 N–H and O–H groups in total. The Bertz CT molecular complexity index is 344. The van der Waals surface area contributed by atoms with Gasteiger partial charge in [-0.1, -0.05) is 13.8 Å². The number of ether oxygens (including phenoxy) is 2. The molecule has 0 aliphatic heterocycles. The minimum absolute atomic E-state index is 0.275. The Kier molecular flexibility index (Phi) is 7.13. The second-order valence-electron chi connectivity index (χ2n) is 7.39. The molecule has 5 heteroatoms. The van der Waals surface area contributed by atoms with Gasteiger partial charge in [0.15, 0.2) is 0 Å². The summed E-state index contributed by atoms with van der Waals surface area (Å²) in [6.45, 7) is 11.3. The molecule has 1 atom stereocenters. The molecule has 0 radical (unpaired) electrons. The number of rotatable bonds is 9. The lowest BCUT2D eigenvalue weighted by Gasteiger charge is -2.35. The van der Waals surface area contributed by atoms with Gasteiger partial charge in [-0.3, -0.25) is 0 Å². The van der Waals surface area contributed by atoms with Crippen LogP contribution in [-0.2, 0) is 9.47 Å². The van der Waals surface area contributed by atoms with Crippen molar-refractivity contribution < 1.29 is 14.3 Å². The van der Waals surface area contributed by atoms with Crippen LogP contribution in [0.1, 0.15) is 60.3 Å². The lowest BCUT2D eigenvalue weighted by molar-refractivity contribution is 0.0440. The molecular weight excluding hydrogens is 280 g/mol. The van der Waals surface area contributed by atoms with E-state index in [1.54, 1.807) is 7.11 Å². The number of hydrogen-bond donors (Lipinski definition) is 2. The van der Waals surface area contributed by atoms with Gasteiger partial charge in [-0.2, -0.15) is 0 Å². The molecule has 1 amide bonds. The predicted molar refractivity (Wildman–Crippen MR) is 89.1 cm³/mol. The molecule has 5 nitrogen and oxygen atoms in total. The van der Waals surface area contributed by atoms with Gasteiger partial charge in [0.2, 0.25) is 0 Å². The predicted octanol–water partition coefficient (Wildman–Crippen LogP) is 3.08. The highest BCUT2D eigenvalue weighted by Crippen LogP contribution is 2.33. The fraction of sp³-hybridized carbons (Fsp3) is 0.941. The van der Waals surface area contributed by atoms with Gasteiger partial charge in [0.1, 0.15) is 5.60 Å². The maximum atomic E-state index is 12.1. The van der Waals surface area contributed by atoms with E-state index in [2.05, 4.69) is 24.5 Å². The highest BCUT2D eigenvalue weighted by molar-refractivity contribution is 5.68. The molecule has 0 heterocycles. The van der Waals surface area contributed by atoms with E-state index in [0.717, 1.165) is 26.0 Å². The zero-order valence-corrected chi connectivity index (χ0v) is 15.1. The van der Waals surface area contributed by atoms with Crippen molar-refractivity contribution in [1.29, 1.82) is 0 Å². The fourth-order valence-corrected chi connectivity index (χ4v) is 2.61. The van der Waals surface area contributed by atoms with Crippen LogP contribution in [0.5, 0.6) is 0 Å². The van der Waals surface area contributed by atoms with E-state index < -0.39 is 5.60 Å². The van der Waals surface area contributed by atoms with Crippen LogP contribution in [0.3, 0.4) is 0 Å². The van der Waals surface area contributed by atoms with Gasteiger partial charge in [-0.15, -0.1) is 0 Å². The summed E-state index contributed by atoms with van der Waals surface area (Å²) in [6, 6.07) is 0.378. The summed E-state index contributed by atoms with van der Waals surface area (Å²) in [6.07, 6.45) is 3.92. The molecule has 1 unspecified atom stereocenters. The van der Waals surface area contributed by atoms with Crippen LogP contribution in [0.4, 0.5) is 4.79 Å². The SMILES string of the molecule is CCC(CC)(CNC(COC)C1CC1)NC(=O)OC(C)(C)C. The number of alkyl carbamates (subject to hydrolysis) is 1. The van der Waals surface area contributed by atoms with E-state index in [4.69, 9.17) is 9.47 Å².